The lowest BCUT2D eigenvalue weighted by Crippen LogP contribution is -2.09. The van der Waals surface area contributed by atoms with E-state index in [-0.39, 0.29) is 0 Å². The molecule has 4 heteroatoms. The molecule has 0 aliphatic heterocycles. The fourth-order valence-corrected chi connectivity index (χ4v) is 1.65. The first-order valence-electron chi connectivity index (χ1n) is 5.85. The summed E-state index contributed by atoms with van der Waals surface area (Å²) in [7, 11) is 0. The smallest absolute Gasteiger partial charge is 0.140 e. The molecular weight excluding hydrogens is 200 g/mol. The van der Waals surface area contributed by atoms with E-state index in [9.17, 15) is 0 Å². The van der Waals surface area contributed by atoms with Crippen LogP contribution < -0.4 is 5.73 Å². The fraction of sp³-hybridized carbons (Fsp3) is 0.667. The van der Waals surface area contributed by atoms with Gasteiger partial charge in [0.25, 0.3) is 0 Å². The van der Waals surface area contributed by atoms with E-state index in [0.717, 1.165) is 31.5 Å². The molecule has 0 unspecified atom stereocenters. The van der Waals surface area contributed by atoms with Crippen molar-refractivity contribution in [3.8, 4) is 6.07 Å². The molecule has 0 aromatic carbocycles. The highest BCUT2D eigenvalue weighted by atomic mass is 15.3. The summed E-state index contributed by atoms with van der Waals surface area (Å²) >= 11 is 0. The van der Waals surface area contributed by atoms with Gasteiger partial charge in [0.2, 0.25) is 0 Å². The normalized spacial score (nSPS) is 10.7. The van der Waals surface area contributed by atoms with Crippen molar-refractivity contribution in [2.75, 3.05) is 5.73 Å². The van der Waals surface area contributed by atoms with Crippen molar-refractivity contribution in [2.24, 2.45) is 5.92 Å². The van der Waals surface area contributed by atoms with Gasteiger partial charge < -0.3 is 5.73 Å². The standard InChI is InChI=1S/C12H20N4/c1-4-5-6-11-10(7-13)12(14)16(15-11)8-9(2)3/h9H,4-6,8,14H2,1-3H3. The number of rotatable bonds is 5. The van der Waals surface area contributed by atoms with E-state index in [1.54, 1.807) is 4.68 Å². The molecule has 0 fully saturated rings. The van der Waals surface area contributed by atoms with Crippen LogP contribution in [0.15, 0.2) is 0 Å². The van der Waals surface area contributed by atoms with Gasteiger partial charge in [-0.3, -0.25) is 0 Å². The number of aryl methyl sites for hydroxylation is 1. The van der Waals surface area contributed by atoms with Crippen molar-refractivity contribution in [3.63, 3.8) is 0 Å². The highest BCUT2D eigenvalue weighted by Gasteiger charge is 2.15. The second kappa shape index (κ2) is 5.55. The van der Waals surface area contributed by atoms with Gasteiger partial charge in [-0.1, -0.05) is 27.2 Å². The minimum Gasteiger partial charge on any atom is -0.383 e. The third-order valence-electron chi connectivity index (χ3n) is 2.48. The number of nitrogen functional groups attached to an aromatic ring is 1. The van der Waals surface area contributed by atoms with E-state index in [1.807, 2.05) is 0 Å². The van der Waals surface area contributed by atoms with Crippen LogP contribution in [0.1, 0.15) is 44.9 Å². The Labute approximate surface area is 97.1 Å². The van der Waals surface area contributed by atoms with Crippen molar-refractivity contribution in [1.82, 2.24) is 9.78 Å². The van der Waals surface area contributed by atoms with Crippen molar-refractivity contribution in [3.05, 3.63) is 11.3 Å². The zero-order chi connectivity index (χ0) is 12.1. The first kappa shape index (κ1) is 12.6. The van der Waals surface area contributed by atoms with Gasteiger partial charge in [-0.2, -0.15) is 10.4 Å². The second-order valence-corrected chi connectivity index (χ2v) is 4.50. The Hall–Kier alpha value is -1.50. The number of hydrogen-bond donors (Lipinski definition) is 1. The molecule has 1 heterocycles. The van der Waals surface area contributed by atoms with Crippen LogP contribution >= 0.6 is 0 Å². The first-order chi connectivity index (χ1) is 7.60. The summed E-state index contributed by atoms with van der Waals surface area (Å²) in [5, 5.41) is 13.5. The molecular formula is C12H20N4. The third kappa shape index (κ3) is 2.75. The van der Waals surface area contributed by atoms with Gasteiger partial charge in [0.15, 0.2) is 0 Å². The summed E-state index contributed by atoms with van der Waals surface area (Å²) in [6.45, 7) is 7.12. The maximum absolute atomic E-state index is 9.06. The molecule has 0 spiro atoms. The van der Waals surface area contributed by atoms with Crippen LogP contribution in [-0.2, 0) is 13.0 Å². The third-order valence-corrected chi connectivity index (χ3v) is 2.48. The van der Waals surface area contributed by atoms with Crippen molar-refractivity contribution in [2.45, 2.75) is 46.6 Å². The molecule has 0 saturated heterocycles. The van der Waals surface area contributed by atoms with Crippen molar-refractivity contribution < 1.29 is 0 Å². The fourth-order valence-electron chi connectivity index (χ4n) is 1.65. The van der Waals surface area contributed by atoms with E-state index < -0.39 is 0 Å². The SMILES string of the molecule is CCCCc1nn(CC(C)C)c(N)c1C#N. The van der Waals surface area contributed by atoms with E-state index >= 15 is 0 Å². The summed E-state index contributed by atoms with van der Waals surface area (Å²) in [5.74, 6) is 0.995. The molecule has 1 rings (SSSR count). The Kier molecular flexibility index (Phi) is 4.36. The predicted octanol–water partition coefficient (Wildman–Crippen LogP) is 2.34. The van der Waals surface area contributed by atoms with Crippen LogP contribution in [0.2, 0.25) is 0 Å². The minimum absolute atomic E-state index is 0.479. The van der Waals surface area contributed by atoms with Gasteiger partial charge in [0, 0.05) is 6.54 Å². The van der Waals surface area contributed by atoms with E-state index in [0.29, 0.717) is 17.3 Å². The topological polar surface area (TPSA) is 67.6 Å². The quantitative estimate of drug-likeness (QED) is 0.828. The summed E-state index contributed by atoms with van der Waals surface area (Å²) in [6, 6.07) is 2.16. The minimum atomic E-state index is 0.479. The molecule has 1 aromatic heterocycles. The lowest BCUT2D eigenvalue weighted by atomic mass is 10.1. The van der Waals surface area contributed by atoms with Crippen LogP contribution in [0.5, 0.6) is 0 Å². The number of nitrogens with zero attached hydrogens (tertiary/aromatic N) is 3. The zero-order valence-electron chi connectivity index (χ0n) is 10.3. The number of hydrogen-bond acceptors (Lipinski definition) is 3. The van der Waals surface area contributed by atoms with Crippen molar-refractivity contribution >= 4 is 5.82 Å². The molecule has 0 aliphatic carbocycles. The monoisotopic (exact) mass is 220 g/mol. The van der Waals surface area contributed by atoms with Crippen LogP contribution in [0, 0.1) is 17.2 Å². The first-order valence-corrected chi connectivity index (χ1v) is 5.85. The van der Waals surface area contributed by atoms with Crippen molar-refractivity contribution in [1.29, 1.82) is 5.26 Å². The molecule has 16 heavy (non-hydrogen) atoms. The Balaban J connectivity index is 2.96. The number of anilines is 1. The lowest BCUT2D eigenvalue weighted by Gasteiger charge is -2.06. The highest BCUT2D eigenvalue weighted by Crippen LogP contribution is 2.18. The average molecular weight is 220 g/mol. The van der Waals surface area contributed by atoms with Gasteiger partial charge in [-0.25, -0.2) is 4.68 Å². The highest BCUT2D eigenvalue weighted by molar-refractivity contribution is 5.52. The molecule has 88 valence electrons. The summed E-state index contributed by atoms with van der Waals surface area (Å²) in [5.41, 5.74) is 7.33. The number of unbranched alkanes of at least 4 members (excludes halogenated alkanes) is 1. The Morgan fingerprint density at radius 3 is 2.69 bits per heavy atom. The van der Waals surface area contributed by atoms with Crippen LogP contribution in [0.4, 0.5) is 5.82 Å². The maximum atomic E-state index is 9.06. The zero-order valence-corrected chi connectivity index (χ0v) is 10.3. The van der Waals surface area contributed by atoms with Gasteiger partial charge in [-0.05, 0) is 18.8 Å². The van der Waals surface area contributed by atoms with Gasteiger partial charge in [-0.15, -0.1) is 0 Å². The Morgan fingerprint density at radius 2 is 2.19 bits per heavy atom. The number of nitriles is 1. The largest absolute Gasteiger partial charge is 0.383 e. The Bertz CT molecular complexity index is 384. The predicted molar refractivity (Wildman–Crippen MR) is 64.8 cm³/mol. The summed E-state index contributed by atoms with van der Waals surface area (Å²) < 4.78 is 1.76. The van der Waals surface area contributed by atoms with Crippen LogP contribution in [0.25, 0.3) is 0 Å². The average Bonchev–Trinajstić information content (AvgIpc) is 2.51. The number of aromatic nitrogens is 2. The van der Waals surface area contributed by atoms with E-state index in [1.165, 1.54) is 0 Å². The molecule has 4 nitrogen and oxygen atoms in total. The van der Waals surface area contributed by atoms with E-state index in [2.05, 4.69) is 31.9 Å². The molecule has 2 N–H and O–H groups in total. The van der Waals surface area contributed by atoms with E-state index in [4.69, 9.17) is 11.0 Å². The molecule has 0 amide bonds. The second-order valence-electron chi connectivity index (χ2n) is 4.50. The lowest BCUT2D eigenvalue weighted by molar-refractivity contribution is 0.484. The molecule has 0 saturated carbocycles. The summed E-state index contributed by atoms with van der Waals surface area (Å²) in [4.78, 5) is 0. The Morgan fingerprint density at radius 1 is 1.50 bits per heavy atom. The van der Waals surface area contributed by atoms with Gasteiger partial charge >= 0.3 is 0 Å². The summed E-state index contributed by atoms with van der Waals surface area (Å²) in [6.07, 6.45) is 2.99. The van der Waals surface area contributed by atoms with Crippen LogP contribution in [-0.4, -0.2) is 9.78 Å². The molecule has 0 radical (unpaired) electrons. The number of nitrogens with two attached hydrogens (primary N) is 1. The molecule has 0 atom stereocenters. The molecule has 0 aliphatic rings. The molecule has 0 bridgehead atoms. The van der Waals surface area contributed by atoms with Gasteiger partial charge in [0.05, 0.1) is 5.69 Å². The molecule has 1 aromatic rings. The maximum Gasteiger partial charge on any atom is 0.140 e. The van der Waals surface area contributed by atoms with Gasteiger partial charge in [0.1, 0.15) is 17.5 Å². The van der Waals surface area contributed by atoms with Crippen LogP contribution in [0.3, 0.4) is 0 Å².